The molecular weight excluding hydrogens is 464 g/mol. The number of fused-ring (bicyclic) bond motifs is 1. The minimum Gasteiger partial charge on any atom is -0.342 e. The number of aryl methyl sites for hydroxylation is 2. The lowest BCUT2D eigenvalue weighted by molar-refractivity contribution is -0.139. The summed E-state index contributed by atoms with van der Waals surface area (Å²) in [5.41, 5.74) is 4.87. The van der Waals surface area contributed by atoms with Crippen LogP contribution in [0.25, 0.3) is 22.0 Å². The number of benzene rings is 2. The molecule has 3 heterocycles. The van der Waals surface area contributed by atoms with Crippen LogP contribution in [0, 0.1) is 30.1 Å². The lowest BCUT2D eigenvalue weighted by Gasteiger charge is -2.41. The molecule has 0 atom stereocenters. The third-order valence-corrected chi connectivity index (χ3v) is 8.32. The van der Waals surface area contributed by atoms with Crippen molar-refractivity contribution >= 4 is 28.6 Å². The predicted molar refractivity (Wildman–Crippen MR) is 139 cm³/mol. The van der Waals surface area contributed by atoms with Gasteiger partial charge in [-0.05, 0) is 61.4 Å². The van der Waals surface area contributed by atoms with Crippen molar-refractivity contribution in [3.05, 3.63) is 53.2 Å². The maximum atomic E-state index is 13.4. The summed E-state index contributed by atoms with van der Waals surface area (Å²) in [5.74, 6) is 1.71. The van der Waals surface area contributed by atoms with Crippen LogP contribution >= 0.6 is 0 Å². The summed E-state index contributed by atoms with van der Waals surface area (Å²) in [7, 11) is 1.78. The summed E-state index contributed by atoms with van der Waals surface area (Å²) in [6.45, 7) is 4.14. The average Bonchev–Trinajstić information content (AvgIpc) is 3.78. The van der Waals surface area contributed by atoms with Gasteiger partial charge in [-0.3, -0.25) is 24.2 Å². The zero-order chi connectivity index (χ0) is 25.5. The first-order valence-electron chi connectivity index (χ1n) is 13.1. The highest BCUT2D eigenvalue weighted by Crippen LogP contribution is 2.46. The fourth-order valence-corrected chi connectivity index (χ4v) is 5.79. The summed E-state index contributed by atoms with van der Waals surface area (Å²) in [6, 6.07) is 14.5. The highest BCUT2D eigenvalue weighted by molar-refractivity contribution is 6.17. The molecule has 0 radical (unpaired) electrons. The van der Waals surface area contributed by atoms with Crippen molar-refractivity contribution in [3.63, 3.8) is 0 Å². The van der Waals surface area contributed by atoms with Gasteiger partial charge in [-0.2, -0.15) is 10.4 Å². The highest BCUT2D eigenvalue weighted by Gasteiger charge is 2.58. The summed E-state index contributed by atoms with van der Waals surface area (Å²) in [4.78, 5) is 34.5. The van der Waals surface area contributed by atoms with Crippen LogP contribution in [-0.2, 0) is 16.6 Å². The van der Waals surface area contributed by atoms with Gasteiger partial charge in [0, 0.05) is 49.5 Å². The van der Waals surface area contributed by atoms with Gasteiger partial charge < -0.3 is 4.90 Å². The van der Waals surface area contributed by atoms with E-state index in [4.69, 9.17) is 4.99 Å². The Hall–Kier alpha value is -3.99. The highest BCUT2D eigenvalue weighted by atomic mass is 16.2. The number of rotatable bonds is 5. The number of aliphatic imine (C=N–C) groups is 1. The third-order valence-electron chi connectivity index (χ3n) is 8.32. The Kier molecular flexibility index (Phi) is 4.66. The molecule has 1 saturated heterocycles. The van der Waals surface area contributed by atoms with Crippen molar-refractivity contribution in [2.45, 2.75) is 38.1 Å². The first kappa shape index (κ1) is 22.2. The molecule has 1 aromatic heterocycles. The second-order valence-electron chi connectivity index (χ2n) is 11.1. The zero-order valence-corrected chi connectivity index (χ0v) is 21.1. The smallest absolute Gasteiger partial charge is 0.256 e. The van der Waals surface area contributed by atoms with Gasteiger partial charge in [0.05, 0.1) is 5.52 Å². The van der Waals surface area contributed by atoms with Gasteiger partial charge in [-0.15, -0.1) is 0 Å². The molecule has 37 heavy (non-hydrogen) atoms. The van der Waals surface area contributed by atoms with Crippen LogP contribution in [0.2, 0.25) is 0 Å². The number of carbonyl (C=O) groups is 2. The van der Waals surface area contributed by atoms with Crippen molar-refractivity contribution in [1.82, 2.24) is 19.6 Å². The molecule has 4 aliphatic rings. The first-order valence-corrected chi connectivity index (χ1v) is 13.1. The van der Waals surface area contributed by atoms with Crippen molar-refractivity contribution in [2.24, 2.45) is 23.9 Å². The number of hydrogen-bond acceptors (Lipinski definition) is 5. The number of nitriles is 1. The van der Waals surface area contributed by atoms with Crippen LogP contribution in [0.15, 0.2) is 41.4 Å². The Bertz CT molecular complexity index is 1560. The van der Waals surface area contributed by atoms with Crippen LogP contribution in [-0.4, -0.2) is 62.4 Å². The molecule has 2 saturated carbocycles. The average molecular weight is 493 g/mol. The largest absolute Gasteiger partial charge is 0.342 e. The monoisotopic (exact) mass is 492 g/mol. The van der Waals surface area contributed by atoms with E-state index in [1.165, 1.54) is 0 Å². The van der Waals surface area contributed by atoms with E-state index >= 15 is 0 Å². The minimum absolute atomic E-state index is 0.115. The summed E-state index contributed by atoms with van der Waals surface area (Å²) in [6.07, 6.45) is 3.67. The number of carbonyl (C=O) groups excluding carboxylic acids is 2. The number of likely N-dealkylation sites (tertiary alicyclic amines) is 1. The molecule has 0 unspecified atom stereocenters. The third kappa shape index (κ3) is 3.48. The number of nitrogens with zero attached hydrogens (tertiary/aromatic N) is 6. The van der Waals surface area contributed by atoms with Crippen LogP contribution in [0.4, 0.5) is 0 Å². The Balaban J connectivity index is 1.16. The van der Waals surface area contributed by atoms with Gasteiger partial charge in [0.1, 0.15) is 23.1 Å². The van der Waals surface area contributed by atoms with E-state index in [0.29, 0.717) is 18.2 Å². The van der Waals surface area contributed by atoms with Crippen LogP contribution in [0.3, 0.4) is 0 Å². The molecule has 2 aromatic carbocycles. The summed E-state index contributed by atoms with van der Waals surface area (Å²) >= 11 is 0. The fourth-order valence-electron chi connectivity index (χ4n) is 5.79. The lowest BCUT2D eigenvalue weighted by atomic mass is 9.96. The molecule has 2 aliphatic carbocycles. The summed E-state index contributed by atoms with van der Waals surface area (Å²) in [5, 5.41) is 14.8. The minimum atomic E-state index is -0.563. The first-order chi connectivity index (χ1) is 17.9. The van der Waals surface area contributed by atoms with Crippen LogP contribution in [0.1, 0.15) is 42.5 Å². The molecule has 2 amide bonds. The molecule has 2 aliphatic heterocycles. The van der Waals surface area contributed by atoms with Gasteiger partial charge in [0.25, 0.3) is 5.91 Å². The Morgan fingerprint density at radius 2 is 1.86 bits per heavy atom. The van der Waals surface area contributed by atoms with E-state index in [1.54, 1.807) is 11.7 Å². The normalized spacial score (nSPS) is 20.4. The second-order valence-corrected chi connectivity index (χ2v) is 11.1. The number of amides is 2. The van der Waals surface area contributed by atoms with E-state index in [1.807, 2.05) is 28.0 Å². The molecule has 0 N–H and O–H groups in total. The maximum Gasteiger partial charge on any atom is 0.256 e. The SMILES string of the molecule is Cc1cc(-c2ccc3nn(C)c(C#N)c3c2)ccc1C1=NC2(CC2)C(=O)N1CC1CN(C(=O)C2CC2)C1. The van der Waals surface area contributed by atoms with Gasteiger partial charge in [-0.1, -0.05) is 24.3 Å². The van der Waals surface area contributed by atoms with Crippen molar-refractivity contribution < 1.29 is 9.59 Å². The standard InChI is InChI=1S/C29H28N6O2/c1-17-11-20(21-6-8-24-23(12-21)25(13-30)33(2)32-24)5-7-22(17)26-31-29(9-10-29)28(37)35(26)16-18-14-34(15-18)27(36)19-3-4-19/h5-8,11-12,18-19H,3-4,9-10,14-16H2,1-2H3. The van der Waals surface area contributed by atoms with Crippen LogP contribution in [0.5, 0.6) is 0 Å². The molecule has 3 aromatic rings. The maximum absolute atomic E-state index is 13.4. The van der Waals surface area contributed by atoms with E-state index in [-0.39, 0.29) is 17.7 Å². The van der Waals surface area contributed by atoms with E-state index in [0.717, 1.165) is 77.8 Å². The number of aromatic nitrogens is 2. The van der Waals surface area contributed by atoms with Gasteiger partial charge in [0.15, 0.2) is 0 Å². The molecule has 8 nitrogen and oxygen atoms in total. The van der Waals surface area contributed by atoms with Gasteiger partial charge in [-0.25, -0.2) is 0 Å². The Morgan fingerprint density at radius 1 is 1.14 bits per heavy atom. The summed E-state index contributed by atoms with van der Waals surface area (Å²) < 4.78 is 1.61. The van der Waals surface area contributed by atoms with Crippen molar-refractivity contribution in [2.75, 3.05) is 19.6 Å². The Morgan fingerprint density at radius 3 is 2.54 bits per heavy atom. The molecular formula is C29H28N6O2. The van der Waals surface area contributed by atoms with E-state index in [9.17, 15) is 14.9 Å². The quantitative estimate of drug-likeness (QED) is 0.545. The van der Waals surface area contributed by atoms with Crippen LogP contribution < -0.4 is 0 Å². The zero-order valence-electron chi connectivity index (χ0n) is 21.1. The molecule has 8 heteroatoms. The topological polar surface area (TPSA) is 94.6 Å². The van der Waals surface area contributed by atoms with E-state index < -0.39 is 5.54 Å². The fraction of sp³-hybridized carbons (Fsp3) is 0.414. The molecule has 1 spiro atoms. The van der Waals surface area contributed by atoms with E-state index in [2.05, 4.69) is 36.3 Å². The van der Waals surface area contributed by atoms with Gasteiger partial charge in [0.2, 0.25) is 5.91 Å². The van der Waals surface area contributed by atoms with Gasteiger partial charge >= 0.3 is 0 Å². The number of amidine groups is 1. The lowest BCUT2D eigenvalue weighted by Crippen LogP contribution is -2.55. The predicted octanol–water partition coefficient (Wildman–Crippen LogP) is 3.41. The molecule has 0 bridgehead atoms. The molecule has 3 fully saturated rings. The Labute approximate surface area is 215 Å². The van der Waals surface area contributed by atoms with Crippen molar-refractivity contribution in [1.29, 1.82) is 5.26 Å². The second kappa shape index (κ2) is 7.75. The number of hydrogen-bond donors (Lipinski definition) is 0. The van der Waals surface area contributed by atoms with Crippen molar-refractivity contribution in [3.8, 4) is 17.2 Å². The molecule has 7 rings (SSSR count). The molecule has 186 valence electrons.